The van der Waals surface area contributed by atoms with Gasteiger partial charge in [-0.05, 0) is 30.7 Å². The maximum atomic E-state index is 11.0. The molecule has 0 aliphatic rings. The smallest absolute Gasteiger partial charge is 0.336 e. The highest BCUT2D eigenvalue weighted by molar-refractivity contribution is 5.91. The lowest BCUT2D eigenvalue weighted by Crippen LogP contribution is -1.99. The molecule has 0 bridgehead atoms. The average molecular weight is 242 g/mol. The number of aliphatic imine (C=N–C) groups is 1. The van der Waals surface area contributed by atoms with Crippen LogP contribution in [-0.2, 0) is 7.05 Å². The Morgan fingerprint density at radius 1 is 1.39 bits per heavy atom. The number of nitrogens with zero attached hydrogens (tertiary/aromatic N) is 2. The Morgan fingerprint density at radius 3 is 2.78 bits per heavy atom. The third-order valence-corrected chi connectivity index (χ3v) is 2.74. The molecule has 0 radical (unpaired) electrons. The van der Waals surface area contributed by atoms with E-state index in [1.54, 1.807) is 31.3 Å². The topological polar surface area (TPSA) is 54.6 Å². The van der Waals surface area contributed by atoms with Crippen LogP contribution in [0.15, 0.2) is 41.7 Å². The van der Waals surface area contributed by atoms with Crippen molar-refractivity contribution in [2.45, 2.75) is 6.92 Å². The second-order valence-corrected chi connectivity index (χ2v) is 4.12. The zero-order chi connectivity index (χ0) is 13.1. The van der Waals surface area contributed by atoms with Crippen LogP contribution < -0.4 is 0 Å². The predicted octanol–water partition coefficient (Wildman–Crippen LogP) is 2.78. The molecular formula is C14H14N2O2. The third kappa shape index (κ3) is 2.48. The molecule has 0 amide bonds. The number of aromatic carboxylic acids is 1. The van der Waals surface area contributed by atoms with E-state index >= 15 is 0 Å². The molecule has 0 atom stereocenters. The number of rotatable bonds is 3. The molecule has 1 aromatic carbocycles. The van der Waals surface area contributed by atoms with Crippen LogP contribution in [0.2, 0.25) is 0 Å². The first-order chi connectivity index (χ1) is 8.58. The molecule has 4 heteroatoms. The molecule has 92 valence electrons. The number of aromatic nitrogens is 1. The Bertz CT molecular complexity index is 612. The molecule has 0 spiro atoms. The van der Waals surface area contributed by atoms with E-state index < -0.39 is 5.97 Å². The van der Waals surface area contributed by atoms with E-state index in [2.05, 4.69) is 4.99 Å². The second-order valence-electron chi connectivity index (χ2n) is 4.12. The summed E-state index contributed by atoms with van der Waals surface area (Å²) in [7, 11) is 1.94. The van der Waals surface area contributed by atoms with Gasteiger partial charge in [-0.25, -0.2) is 4.79 Å². The summed E-state index contributed by atoms with van der Waals surface area (Å²) in [5, 5.41) is 9.02. The van der Waals surface area contributed by atoms with Gasteiger partial charge >= 0.3 is 5.97 Å². The van der Waals surface area contributed by atoms with Crippen LogP contribution in [0, 0.1) is 6.92 Å². The van der Waals surface area contributed by atoms with Crippen molar-refractivity contribution in [1.82, 2.24) is 4.57 Å². The van der Waals surface area contributed by atoms with Gasteiger partial charge in [0, 0.05) is 31.2 Å². The predicted molar refractivity (Wildman–Crippen MR) is 70.8 cm³/mol. The molecule has 4 nitrogen and oxygen atoms in total. The Kier molecular flexibility index (Phi) is 3.28. The molecule has 1 aromatic heterocycles. The minimum atomic E-state index is -0.927. The SMILES string of the molecule is Cc1c(N=Cc2ccn(C)c2)cccc1C(=O)O. The molecule has 0 fully saturated rings. The van der Waals surface area contributed by atoms with Crippen LogP contribution in [0.5, 0.6) is 0 Å². The fraction of sp³-hybridized carbons (Fsp3) is 0.143. The van der Waals surface area contributed by atoms with E-state index in [1.165, 1.54) is 0 Å². The molecule has 0 aliphatic heterocycles. The molecule has 0 aliphatic carbocycles. The number of aryl methyl sites for hydroxylation is 1. The molecule has 0 unspecified atom stereocenters. The summed E-state index contributed by atoms with van der Waals surface area (Å²) in [5.74, 6) is -0.927. The van der Waals surface area contributed by atoms with Crippen LogP contribution in [-0.4, -0.2) is 21.9 Å². The second kappa shape index (κ2) is 4.87. The van der Waals surface area contributed by atoms with Crippen LogP contribution in [0.25, 0.3) is 0 Å². The molecule has 18 heavy (non-hydrogen) atoms. The lowest BCUT2D eigenvalue weighted by atomic mass is 10.1. The fourth-order valence-corrected chi connectivity index (χ4v) is 1.74. The minimum absolute atomic E-state index is 0.290. The highest BCUT2D eigenvalue weighted by Gasteiger charge is 2.08. The molecule has 2 rings (SSSR count). The molecule has 1 heterocycles. The first-order valence-electron chi connectivity index (χ1n) is 5.57. The highest BCUT2D eigenvalue weighted by Crippen LogP contribution is 2.21. The van der Waals surface area contributed by atoms with Crippen molar-refractivity contribution < 1.29 is 9.90 Å². The minimum Gasteiger partial charge on any atom is -0.478 e. The average Bonchev–Trinajstić information content (AvgIpc) is 2.73. The number of carboxylic acids is 1. The first kappa shape index (κ1) is 12.1. The van der Waals surface area contributed by atoms with Crippen molar-refractivity contribution >= 4 is 17.9 Å². The van der Waals surface area contributed by atoms with Crippen LogP contribution in [0.3, 0.4) is 0 Å². The quantitative estimate of drug-likeness (QED) is 0.841. The van der Waals surface area contributed by atoms with E-state index in [0.717, 1.165) is 5.56 Å². The van der Waals surface area contributed by atoms with Crippen molar-refractivity contribution in [2.24, 2.45) is 12.0 Å². The molecule has 1 N–H and O–H groups in total. The summed E-state index contributed by atoms with van der Waals surface area (Å²) >= 11 is 0. The van der Waals surface area contributed by atoms with Crippen molar-refractivity contribution in [2.75, 3.05) is 0 Å². The van der Waals surface area contributed by atoms with E-state index in [9.17, 15) is 4.79 Å². The van der Waals surface area contributed by atoms with E-state index in [4.69, 9.17) is 5.11 Å². The summed E-state index contributed by atoms with van der Waals surface area (Å²) < 4.78 is 1.93. The fourth-order valence-electron chi connectivity index (χ4n) is 1.74. The van der Waals surface area contributed by atoms with E-state index in [1.807, 2.05) is 30.1 Å². The van der Waals surface area contributed by atoms with Gasteiger partial charge in [0.1, 0.15) is 0 Å². The van der Waals surface area contributed by atoms with Gasteiger partial charge in [-0.15, -0.1) is 0 Å². The van der Waals surface area contributed by atoms with Gasteiger partial charge in [0.05, 0.1) is 11.3 Å². The van der Waals surface area contributed by atoms with Crippen molar-refractivity contribution in [3.8, 4) is 0 Å². The number of benzene rings is 1. The van der Waals surface area contributed by atoms with Gasteiger partial charge in [-0.1, -0.05) is 6.07 Å². The van der Waals surface area contributed by atoms with E-state index in [0.29, 0.717) is 11.3 Å². The van der Waals surface area contributed by atoms with Crippen LogP contribution in [0.1, 0.15) is 21.5 Å². The number of carboxylic acid groups (broad SMARTS) is 1. The van der Waals surface area contributed by atoms with Crippen molar-refractivity contribution in [1.29, 1.82) is 0 Å². The highest BCUT2D eigenvalue weighted by atomic mass is 16.4. The first-order valence-corrected chi connectivity index (χ1v) is 5.57. The van der Waals surface area contributed by atoms with Gasteiger partial charge in [0.2, 0.25) is 0 Å². The zero-order valence-corrected chi connectivity index (χ0v) is 10.3. The Labute approximate surface area is 105 Å². The summed E-state index contributed by atoms with van der Waals surface area (Å²) in [6.07, 6.45) is 5.61. The molecule has 0 saturated carbocycles. The van der Waals surface area contributed by atoms with E-state index in [-0.39, 0.29) is 5.56 Å². The Hall–Kier alpha value is -2.36. The largest absolute Gasteiger partial charge is 0.478 e. The van der Waals surface area contributed by atoms with Crippen LogP contribution >= 0.6 is 0 Å². The maximum Gasteiger partial charge on any atom is 0.336 e. The van der Waals surface area contributed by atoms with Crippen molar-refractivity contribution in [3.05, 3.63) is 53.3 Å². The monoisotopic (exact) mass is 242 g/mol. The van der Waals surface area contributed by atoms with Crippen LogP contribution in [0.4, 0.5) is 5.69 Å². The van der Waals surface area contributed by atoms with Gasteiger partial charge in [-0.2, -0.15) is 0 Å². The number of carbonyl (C=O) groups is 1. The lowest BCUT2D eigenvalue weighted by molar-refractivity contribution is 0.0696. The number of hydrogen-bond donors (Lipinski definition) is 1. The van der Waals surface area contributed by atoms with Gasteiger partial charge in [-0.3, -0.25) is 4.99 Å². The number of hydrogen-bond acceptors (Lipinski definition) is 2. The third-order valence-electron chi connectivity index (χ3n) is 2.74. The summed E-state index contributed by atoms with van der Waals surface area (Å²) in [5.41, 5.74) is 2.63. The maximum absolute atomic E-state index is 11.0. The van der Waals surface area contributed by atoms with Gasteiger partial charge in [0.25, 0.3) is 0 Å². The summed E-state index contributed by atoms with van der Waals surface area (Å²) in [6.45, 7) is 1.76. The summed E-state index contributed by atoms with van der Waals surface area (Å²) in [6, 6.07) is 7.04. The van der Waals surface area contributed by atoms with Gasteiger partial charge < -0.3 is 9.67 Å². The lowest BCUT2D eigenvalue weighted by Gasteiger charge is -2.03. The standard InChI is InChI=1S/C14H14N2O2/c1-10-12(14(17)18)4-3-5-13(10)15-8-11-6-7-16(2)9-11/h3-9H,1-2H3,(H,17,18). The summed E-state index contributed by atoms with van der Waals surface area (Å²) in [4.78, 5) is 15.3. The normalized spacial score (nSPS) is 11.0. The molecule has 2 aromatic rings. The van der Waals surface area contributed by atoms with Gasteiger partial charge in [0.15, 0.2) is 0 Å². The molecular weight excluding hydrogens is 228 g/mol. The van der Waals surface area contributed by atoms with Crippen molar-refractivity contribution in [3.63, 3.8) is 0 Å². The Morgan fingerprint density at radius 2 is 2.17 bits per heavy atom. The Balaban J connectivity index is 2.32. The molecule has 0 saturated heterocycles. The zero-order valence-electron chi connectivity index (χ0n) is 10.3.